The highest BCUT2D eigenvalue weighted by Crippen LogP contribution is 2.40. The van der Waals surface area contributed by atoms with Crippen molar-refractivity contribution >= 4 is 6.03 Å². The Morgan fingerprint density at radius 3 is 2.52 bits per heavy atom. The number of alkyl halides is 2. The Balaban J connectivity index is 1.73. The smallest absolute Gasteiger partial charge is 0.316 e. The third-order valence-electron chi connectivity index (χ3n) is 4.60. The molecule has 1 unspecified atom stereocenters. The minimum atomic E-state index is -2.76. The molecule has 3 heterocycles. The van der Waals surface area contributed by atoms with E-state index in [1.165, 1.54) is 0 Å². The van der Waals surface area contributed by atoms with Crippen molar-refractivity contribution in [1.82, 2.24) is 24.6 Å². The van der Waals surface area contributed by atoms with Crippen LogP contribution in [0.15, 0.2) is 6.33 Å². The van der Waals surface area contributed by atoms with Gasteiger partial charge in [0.2, 0.25) is 5.82 Å². The molecule has 1 aromatic heterocycles. The van der Waals surface area contributed by atoms with Crippen LogP contribution in [-0.2, 0) is 0 Å². The summed E-state index contributed by atoms with van der Waals surface area (Å²) < 4.78 is 25.9. The van der Waals surface area contributed by atoms with Crippen LogP contribution in [0.1, 0.15) is 38.9 Å². The van der Waals surface area contributed by atoms with Gasteiger partial charge in [0.15, 0.2) is 0 Å². The molecule has 1 atom stereocenters. The van der Waals surface area contributed by atoms with Crippen molar-refractivity contribution in [3.8, 4) is 0 Å². The van der Waals surface area contributed by atoms with Gasteiger partial charge in [-0.25, -0.2) is 18.6 Å². The first-order chi connectivity index (χ1) is 9.93. The molecule has 2 aliphatic rings. The molecule has 0 bridgehead atoms. The van der Waals surface area contributed by atoms with Gasteiger partial charge in [-0.15, -0.1) is 5.10 Å². The van der Waals surface area contributed by atoms with Gasteiger partial charge in [0.25, 0.3) is 6.43 Å². The quantitative estimate of drug-likeness (QED) is 0.835. The lowest BCUT2D eigenvalue weighted by Gasteiger charge is -2.50. The Kier molecular flexibility index (Phi) is 3.43. The second-order valence-corrected chi connectivity index (χ2v) is 6.07. The Bertz CT molecular complexity index is 546. The van der Waals surface area contributed by atoms with Gasteiger partial charge in [-0.05, 0) is 26.7 Å². The minimum Gasteiger partial charge on any atom is -0.316 e. The van der Waals surface area contributed by atoms with Gasteiger partial charge in [0.1, 0.15) is 6.33 Å². The first-order valence-corrected chi connectivity index (χ1v) is 7.19. The first-order valence-electron chi connectivity index (χ1n) is 7.19. The van der Waals surface area contributed by atoms with E-state index in [0.717, 1.165) is 36.9 Å². The number of aromatic nitrogens is 3. The van der Waals surface area contributed by atoms with Gasteiger partial charge in [0, 0.05) is 25.7 Å². The molecule has 6 nitrogen and oxygen atoms in total. The van der Waals surface area contributed by atoms with Crippen molar-refractivity contribution < 1.29 is 13.6 Å². The van der Waals surface area contributed by atoms with Crippen LogP contribution in [0.5, 0.6) is 0 Å². The normalized spacial score (nSPS) is 26.1. The van der Waals surface area contributed by atoms with Crippen LogP contribution < -0.4 is 0 Å². The van der Waals surface area contributed by atoms with Gasteiger partial charge in [0.05, 0.1) is 5.54 Å². The zero-order valence-electron chi connectivity index (χ0n) is 12.2. The maximum absolute atomic E-state index is 12.5. The zero-order valence-corrected chi connectivity index (χ0v) is 12.2. The Morgan fingerprint density at radius 1 is 1.33 bits per heavy atom. The lowest BCUT2D eigenvalue weighted by molar-refractivity contribution is 0.0273. The number of hydrogen-bond donors (Lipinski definition) is 0. The summed E-state index contributed by atoms with van der Waals surface area (Å²) in [6.07, 6.45) is 0.198. The number of carbonyl (C=O) groups excluding carboxylic acids is 1. The summed E-state index contributed by atoms with van der Waals surface area (Å²) in [5.41, 5.74) is -0.154. The van der Waals surface area contributed by atoms with Crippen molar-refractivity contribution in [3.05, 3.63) is 12.2 Å². The van der Waals surface area contributed by atoms with E-state index in [1.807, 2.05) is 0 Å². The molecule has 2 fully saturated rings. The van der Waals surface area contributed by atoms with E-state index in [4.69, 9.17) is 0 Å². The molecule has 1 spiro atoms. The first kappa shape index (κ1) is 14.4. The van der Waals surface area contributed by atoms with Gasteiger partial charge in [-0.3, -0.25) is 4.90 Å². The average molecular weight is 299 g/mol. The van der Waals surface area contributed by atoms with Crippen LogP contribution in [0.4, 0.5) is 13.6 Å². The summed E-state index contributed by atoms with van der Waals surface area (Å²) in [4.78, 5) is 20.0. The summed E-state index contributed by atoms with van der Waals surface area (Å²) in [6.45, 7) is 6.72. The maximum Gasteiger partial charge on any atom is 0.346 e. The van der Waals surface area contributed by atoms with E-state index in [1.54, 1.807) is 4.90 Å². The summed E-state index contributed by atoms with van der Waals surface area (Å²) in [6, 6.07) is 0.0880. The fourth-order valence-electron chi connectivity index (χ4n) is 3.18. The lowest BCUT2D eigenvalue weighted by Crippen LogP contribution is -2.64. The van der Waals surface area contributed by atoms with E-state index in [0.29, 0.717) is 12.6 Å². The number of carbonyl (C=O) groups is 1. The monoisotopic (exact) mass is 299 g/mol. The van der Waals surface area contributed by atoms with Gasteiger partial charge in [-0.2, -0.15) is 4.68 Å². The number of hydrogen-bond acceptors (Lipinski definition) is 4. The molecule has 21 heavy (non-hydrogen) atoms. The van der Waals surface area contributed by atoms with Crippen LogP contribution in [-0.4, -0.2) is 61.8 Å². The number of rotatable bonds is 2. The molecular formula is C13H19F2N5O. The van der Waals surface area contributed by atoms with Crippen LogP contribution in [0, 0.1) is 0 Å². The fourth-order valence-corrected chi connectivity index (χ4v) is 3.18. The molecule has 0 radical (unpaired) electrons. The SMILES string of the molecule is CC(C)N1CCC2(CCN2C(=O)n2cnc(C(F)F)n2)C1. The van der Waals surface area contributed by atoms with E-state index in [9.17, 15) is 13.6 Å². The van der Waals surface area contributed by atoms with E-state index in [-0.39, 0.29) is 11.6 Å². The Morgan fingerprint density at radius 2 is 2.05 bits per heavy atom. The molecule has 1 aromatic rings. The second kappa shape index (κ2) is 5.01. The molecular weight excluding hydrogens is 280 g/mol. The molecule has 0 aromatic carbocycles. The van der Waals surface area contributed by atoms with E-state index >= 15 is 0 Å². The summed E-state index contributed by atoms with van der Waals surface area (Å²) in [5, 5.41) is 3.57. The number of halogens is 2. The lowest BCUT2D eigenvalue weighted by atomic mass is 9.84. The molecule has 3 rings (SSSR count). The largest absolute Gasteiger partial charge is 0.346 e. The molecule has 8 heteroatoms. The highest BCUT2D eigenvalue weighted by Gasteiger charge is 2.52. The molecule has 1 amide bonds. The average Bonchev–Trinajstić information content (AvgIpc) is 3.06. The van der Waals surface area contributed by atoms with Crippen molar-refractivity contribution in [3.63, 3.8) is 0 Å². The number of likely N-dealkylation sites (tertiary alicyclic amines) is 2. The highest BCUT2D eigenvalue weighted by molar-refractivity contribution is 5.77. The molecule has 116 valence electrons. The van der Waals surface area contributed by atoms with Crippen LogP contribution >= 0.6 is 0 Å². The standard InChI is InChI=1S/C13H19F2N5O/c1-9(2)18-5-3-13(7-18)4-6-19(13)12(21)20-8-16-11(17-20)10(14)15/h8-10H,3-7H2,1-2H3. The van der Waals surface area contributed by atoms with Gasteiger partial charge >= 0.3 is 6.03 Å². The van der Waals surface area contributed by atoms with Crippen LogP contribution in [0.3, 0.4) is 0 Å². The topological polar surface area (TPSA) is 54.3 Å². The molecule has 2 aliphatic heterocycles. The van der Waals surface area contributed by atoms with E-state index < -0.39 is 12.2 Å². The molecule has 0 N–H and O–H groups in total. The molecule has 2 saturated heterocycles. The molecule has 0 aliphatic carbocycles. The highest BCUT2D eigenvalue weighted by atomic mass is 19.3. The van der Waals surface area contributed by atoms with Crippen LogP contribution in [0.25, 0.3) is 0 Å². The van der Waals surface area contributed by atoms with Crippen molar-refractivity contribution in [1.29, 1.82) is 0 Å². The summed E-state index contributed by atoms with van der Waals surface area (Å²) in [7, 11) is 0. The number of nitrogens with zero attached hydrogens (tertiary/aromatic N) is 5. The van der Waals surface area contributed by atoms with E-state index in [2.05, 4.69) is 28.8 Å². The van der Waals surface area contributed by atoms with Crippen LogP contribution in [0.2, 0.25) is 0 Å². The van der Waals surface area contributed by atoms with Crippen molar-refractivity contribution in [2.45, 2.75) is 44.7 Å². The second-order valence-electron chi connectivity index (χ2n) is 6.07. The predicted molar refractivity (Wildman–Crippen MR) is 71.2 cm³/mol. The summed E-state index contributed by atoms with van der Waals surface area (Å²) >= 11 is 0. The Hall–Kier alpha value is -1.57. The van der Waals surface area contributed by atoms with Gasteiger partial charge in [-0.1, -0.05) is 0 Å². The zero-order chi connectivity index (χ0) is 15.2. The Labute approximate surface area is 121 Å². The maximum atomic E-state index is 12.5. The third kappa shape index (κ3) is 2.31. The fraction of sp³-hybridized carbons (Fsp3) is 0.769. The predicted octanol–water partition coefficient (Wildman–Crippen LogP) is 1.74. The van der Waals surface area contributed by atoms with Crippen molar-refractivity contribution in [2.24, 2.45) is 0 Å². The minimum absolute atomic E-state index is 0.154. The number of amides is 1. The third-order valence-corrected chi connectivity index (χ3v) is 4.60. The molecule has 0 saturated carbocycles. The van der Waals surface area contributed by atoms with Crippen molar-refractivity contribution in [2.75, 3.05) is 19.6 Å². The van der Waals surface area contributed by atoms with Gasteiger partial charge < -0.3 is 4.90 Å². The summed E-state index contributed by atoms with van der Waals surface area (Å²) in [5.74, 6) is -0.604.